The van der Waals surface area contributed by atoms with E-state index in [0.717, 1.165) is 38.8 Å². The van der Waals surface area contributed by atoms with Crippen LogP contribution in [0.4, 0.5) is 20.6 Å². The molecule has 34 heavy (non-hydrogen) atoms. The lowest BCUT2D eigenvalue weighted by Crippen LogP contribution is -2.36. The number of benzene rings is 2. The standard InChI is InChI=1S/C26H30FN3O4/c1-2-34-26(33)29(16-9-17-30-24(31)20-10-5-6-11-21(20)25(30)32)19-12-13-23(22(27)18-19)28-14-7-3-4-8-15-28/h5-6,10-13,18H,2-4,7-9,14-17H2,1H3. The first-order valence-corrected chi connectivity index (χ1v) is 11.9. The number of fused-ring (bicyclic) bond motifs is 1. The third-order valence-corrected chi connectivity index (χ3v) is 6.32. The van der Waals surface area contributed by atoms with Gasteiger partial charge in [0.15, 0.2) is 0 Å². The molecule has 0 saturated carbocycles. The molecule has 1 fully saturated rings. The number of imide groups is 1. The van der Waals surface area contributed by atoms with Crippen molar-refractivity contribution in [3.63, 3.8) is 0 Å². The fraction of sp³-hybridized carbons (Fsp3) is 0.423. The molecule has 2 aliphatic rings. The van der Waals surface area contributed by atoms with Crippen molar-refractivity contribution in [1.29, 1.82) is 0 Å². The second-order valence-corrected chi connectivity index (χ2v) is 8.55. The number of nitrogens with zero attached hydrogens (tertiary/aromatic N) is 3. The number of carbonyl (C=O) groups is 3. The van der Waals surface area contributed by atoms with Crippen LogP contribution in [-0.2, 0) is 4.74 Å². The zero-order chi connectivity index (χ0) is 24.1. The van der Waals surface area contributed by atoms with Crippen LogP contribution in [0, 0.1) is 5.82 Å². The number of carbonyl (C=O) groups excluding carboxylic acids is 3. The summed E-state index contributed by atoms with van der Waals surface area (Å²) in [6, 6.07) is 11.5. The number of hydrogen-bond donors (Lipinski definition) is 0. The fourth-order valence-corrected chi connectivity index (χ4v) is 4.59. The molecule has 0 aromatic heterocycles. The van der Waals surface area contributed by atoms with E-state index in [1.807, 2.05) is 0 Å². The van der Waals surface area contributed by atoms with E-state index in [4.69, 9.17) is 4.74 Å². The van der Waals surface area contributed by atoms with Gasteiger partial charge in [0.1, 0.15) is 5.82 Å². The van der Waals surface area contributed by atoms with Gasteiger partial charge >= 0.3 is 6.09 Å². The highest BCUT2D eigenvalue weighted by Gasteiger charge is 2.34. The highest BCUT2D eigenvalue weighted by molar-refractivity contribution is 6.21. The molecule has 0 radical (unpaired) electrons. The molecule has 8 heteroatoms. The first-order valence-electron chi connectivity index (χ1n) is 11.9. The lowest BCUT2D eigenvalue weighted by molar-refractivity contribution is 0.0653. The summed E-state index contributed by atoms with van der Waals surface area (Å²) < 4.78 is 20.3. The maximum atomic E-state index is 15.1. The van der Waals surface area contributed by atoms with Crippen LogP contribution in [0.5, 0.6) is 0 Å². The normalized spacial score (nSPS) is 15.8. The molecule has 7 nitrogen and oxygen atoms in total. The zero-order valence-electron chi connectivity index (χ0n) is 19.5. The van der Waals surface area contributed by atoms with Gasteiger partial charge in [0.25, 0.3) is 11.8 Å². The number of anilines is 2. The van der Waals surface area contributed by atoms with Crippen LogP contribution < -0.4 is 9.80 Å². The van der Waals surface area contributed by atoms with Crippen molar-refractivity contribution in [3.8, 4) is 0 Å². The number of ether oxygens (including phenoxy) is 1. The van der Waals surface area contributed by atoms with E-state index in [0.29, 0.717) is 28.9 Å². The summed E-state index contributed by atoms with van der Waals surface area (Å²) in [4.78, 5) is 42.4. The van der Waals surface area contributed by atoms with Gasteiger partial charge < -0.3 is 9.64 Å². The molecule has 3 amide bonds. The Bertz CT molecular complexity index is 1030. The monoisotopic (exact) mass is 467 g/mol. The molecule has 0 unspecified atom stereocenters. The summed E-state index contributed by atoms with van der Waals surface area (Å²) >= 11 is 0. The number of hydrogen-bond acceptors (Lipinski definition) is 5. The van der Waals surface area contributed by atoms with Gasteiger partial charge in [-0.15, -0.1) is 0 Å². The topological polar surface area (TPSA) is 70.2 Å². The molecular formula is C26H30FN3O4. The molecule has 2 aliphatic heterocycles. The Labute approximate surface area is 199 Å². The van der Waals surface area contributed by atoms with Crippen LogP contribution >= 0.6 is 0 Å². The molecular weight excluding hydrogens is 437 g/mol. The summed E-state index contributed by atoms with van der Waals surface area (Å²) in [5.41, 5.74) is 1.71. The fourth-order valence-electron chi connectivity index (χ4n) is 4.59. The highest BCUT2D eigenvalue weighted by atomic mass is 19.1. The summed E-state index contributed by atoms with van der Waals surface area (Å²) in [7, 11) is 0. The second kappa shape index (κ2) is 10.7. The van der Waals surface area contributed by atoms with Crippen LogP contribution in [0.2, 0.25) is 0 Å². The first-order chi connectivity index (χ1) is 16.5. The minimum atomic E-state index is -0.591. The SMILES string of the molecule is CCOC(=O)N(CCCN1C(=O)c2ccccc2C1=O)c1ccc(N2CCCCCC2)c(F)c1. The van der Waals surface area contributed by atoms with Crippen LogP contribution in [0.3, 0.4) is 0 Å². The Morgan fingerprint density at radius 1 is 1.00 bits per heavy atom. The van der Waals surface area contributed by atoms with Crippen LogP contribution in [0.25, 0.3) is 0 Å². The van der Waals surface area contributed by atoms with Crippen LogP contribution in [0.1, 0.15) is 59.7 Å². The van der Waals surface area contributed by atoms with Gasteiger partial charge in [-0.25, -0.2) is 9.18 Å². The average Bonchev–Trinajstić information content (AvgIpc) is 3.01. The summed E-state index contributed by atoms with van der Waals surface area (Å²) in [6.45, 7) is 3.85. The molecule has 2 aromatic rings. The van der Waals surface area contributed by atoms with Gasteiger partial charge in [-0.3, -0.25) is 19.4 Å². The van der Waals surface area contributed by atoms with Gasteiger partial charge in [0.2, 0.25) is 0 Å². The van der Waals surface area contributed by atoms with Crippen molar-refractivity contribution < 1.29 is 23.5 Å². The van der Waals surface area contributed by atoms with Crippen molar-refractivity contribution in [2.45, 2.75) is 39.0 Å². The predicted molar refractivity (Wildman–Crippen MR) is 128 cm³/mol. The van der Waals surface area contributed by atoms with E-state index in [1.54, 1.807) is 43.3 Å². The van der Waals surface area contributed by atoms with E-state index >= 15 is 4.39 Å². The Morgan fingerprint density at radius 2 is 1.65 bits per heavy atom. The molecule has 0 aliphatic carbocycles. The summed E-state index contributed by atoms with van der Waals surface area (Å²) in [5, 5.41) is 0. The molecule has 0 bridgehead atoms. The van der Waals surface area contributed by atoms with Crippen molar-refractivity contribution >= 4 is 29.3 Å². The quantitative estimate of drug-likeness (QED) is 0.544. The lowest BCUT2D eigenvalue weighted by atomic mass is 10.1. The van der Waals surface area contributed by atoms with E-state index in [2.05, 4.69) is 4.90 Å². The molecule has 1 saturated heterocycles. The van der Waals surface area contributed by atoms with Gasteiger partial charge in [0, 0.05) is 26.2 Å². The Morgan fingerprint density at radius 3 is 2.24 bits per heavy atom. The first kappa shape index (κ1) is 23.7. The maximum Gasteiger partial charge on any atom is 0.414 e. The Balaban J connectivity index is 1.46. The van der Waals surface area contributed by atoms with Crippen molar-refractivity contribution in [2.24, 2.45) is 0 Å². The van der Waals surface area contributed by atoms with Gasteiger partial charge in [-0.2, -0.15) is 0 Å². The second-order valence-electron chi connectivity index (χ2n) is 8.55. The molecule has 180 valence electrons. The lowest BCUT2D eigenvalue weighted by Gasteiger charge is -2.26. The van der Waals surface area contributed by atoms with Crippen molar-refractivity contribution in [2.75, 3.05) is 42.6 Å². The van der Waals surface area contributed by atoms with E-state index in [9.17, 15) is 14.4 Å². The minimum Gasteiger partial charge on any atom is -0.449 e. The van der Waals surface area contributed by atoms with Gasteiger partial charge in [0.05, 0.1) is 29.1 Å². The maximum absolute atomic E-state index is 15.1. The Hall–Kier alpha value is -3.42. The Kier molecular flexibility index (Phi) is 7.45. The smallest absolute Gasteiger partial charge is 0.414 e. The molecule has 2 heterocycles. The summed E-state index contributed by atoms with van der Waals surface area (Å²) in [5.74, 6) is -1.05. The number of rotatable bonds is 7. The largest absolute Gasteiger partial charge is 0.449 e. The van der Waals surface area contributed by atoms with Crippen molar-refractivity contribution in [3.05, 3.63) is 59.4 Å². The highest BCUT2D eigenvalue weighted by Crippen LogP contribution is 2.28. The van der Waals surface area contributed by atoms with Crippen LogP contribution in [0.15, 0.2) is 42.5 Å². The van der Waals surface area contributed by atoms with Gasteiger partial charge in [-0.1, -0.05) is 25.0 Å². The third kappa shape index (κ3) is 4.90. The molecule has 0 atom stereocenters. The average molecular weight is 468 g/mol. The predicted octanol–water partition coefficient (Wildman–Crippen LogP) is 4.86. The molecule has 4 rings (SSSR count). The summed E-state index contributed by atoms with van der Waals surface area (Å²) in [6.07, 6.45) is 4.12. The third-order valence-electron chi connectivity index (χ3n) is 6.32. The number of amides is 3. The van der Waals surface area contributed by atoms with E-state index in [1.165, 1.54) is 15.9 Å². The molecule has 2 aromatic carbocycles. The van der Waals surface area contributed by atoms with Gasteiger partial charge in [-0.05, 0) is 56.5 Å². The van der Waals surface area contributed by atoms with E-state index < -0.39 is 6.09 Å². The minimum absolute atomic E-state index is 0.149. The van der Waals surface area contributed by atoms with Crippen LogP contribution in [-0.4, -0.2) is 55.6 Å². The molecule has 0 spiro atoms. The van der Waals surface area contributed by atoms with E-state index in [-0.39, 0.29) is 37.3 Å². The molecule has 0 N–H and O–H groups in total. The zero-order valence-corrected chi connectivity index (χ0v) is 19.5. The number of halogens is 1. The van der Waals surface area contributed by atoms with Crippen molar-refractivity contribution in [1.82, 2.24) is 4.90 Å².